The van der Waals surface area contributed by atoms with Gasteiger partial charge in [-0.25, -0.2) is 0 Å². The topological polar surface area (TPSA) is 77.8 Å². The number of rotatable bonds is 13. The summed E-state index contributed by atoms with van der Waals surface area (Å²) in [5, 5.41) is 31.2. The molecule has 0 saturated heterocycles. The third-order valence-electron chi connectivity index (χ3n) is 5.89. The summed E-state index contributed by atoms with van der Waals surface area (Å²) in [6.45, 7) is 7.81. The maximum Gasteiger partial charge on any atom is 0.135 e. The fourth-order valence-electron chi connectivity index (χ4n) is 3.90. The highest BCUT2D eigenvalue weighted by atomic mass is 16.3. The Morgan fingerprint density at radius 1 is 1.14 bits per heavy atom. The molecule has 162 valence electrons. The van der Waals surface area contributed by atoms with Gasteiger partial charge in [0.2, 0.25) is 0 Å². The molecule has 4 nitrogen and oxygen atoms in total. The van der Waals surface area contributed by atoms with Crippen LogP contribution in [0.5, 0.6) is 0 Å². The van der Waals surface area contributed by atoms with Crippen molar-refractivity contribution in [2.45, 2.75) is 103 Å². The smallest absolute Gasteiger partial charge is 0.135 e. The molecule has 1 aliphatic carbocycles. The monoisotopic (exact) mass is 394 g/mol. The minimum Gasteiger partial charge on any atom is -0.393 e. The first-order chi connectivity index (χ1) is 13.2. The van der Waals surface area contributed by atoms with Crippen LogP contribution in [0.25, 0.3) is 0 Å². The van der Waals surface area contributed by atoms with Gasteiger partial charge < -0.3 is 15.3 Å². The summed E-state index contributed by atoms with van der Waals surface area (Å²) >= 11 is 0. The highest BCUT2D eigenvalue weighted by Crippen LogP contribution is 2.37. The summed E-state index contributed by atoms with van der Waals surface area (Å²) in [6.07, 6.45) is 14.1. The predicted molar refractivity (Wildman–Crippen MR) is 115 cm³/mol. The molecule has 0 aromatic heterocycles. The van der Waals surface area contributed by atoms with Crippen LogP contribution in [-0.2, 0) is 4.79 Å². The van der Waals surface area contributed by atoms with E-state index in [1.165, 1.54) is 0 Å². The van der Waals surface area contributed by atoms with E-state index in [1.54, 1.807) is 0 Å². The molecular weight excluding hydrogens is 352 g/mol. The molecule has 1 rings (SSSR count). The second kappa shape index (κ2) is 12.6. The van der Waals surface area contributed by atoms with E-state index in [4.69, 9.17) is 0 Å². The lowest BCUT2D eigenvalue weighted by Gasteiger charge is -2.23. The maximum absolute atomic E-state index is 11.6. The fourth-order valence-corrected chi connectivity index (χ4v) is 3.90. The lowest BCUT2D eigenvalue weighted by molar-refractivity contribution is -0.121. The molecule has 0 aliphatic heterocycles. The van der Waals surface area contributed by atoms with Gasteiger partial charge in [0, 0.05) is 24.7 Å². The quantitative estimate of drug-likeness (QED) is 0.316. The van der Waals surface area contributed by atoms with E-state index in [0.29, 0.717) is 31.5 Å². The number of carbonyl (C=O) groups excluding carboxylic acids is 1. The van der Waals surface area contributed by atoms with Crippen molar-refractivity contribution in [1.29, 1.82) is 0 Å². The zero-order valence-electron chi connectivity index (χ0n) is 18.3. The number of Topliss-reactive ketones (excluding diaryl/α,β-unsaturated/α-hetero) is 1. The van der Waals surface area contributed by atoms with Crippen molar-refractivity contribution in [3.63, 3.8) is 0 Å². The van der Waals surface area contributed by atoms with E-state index < -0.39 is 17.8 Å². The number of allylic oxidation sites excluding steroid dienone is 2. The van der Waals surface area contributed by atoms with Crippen LogP contribution in [0.1, 0.15) is 85.5 Å². The van der Waals surface area contributed by atoms with Gasteiger partial charge in [-0.15, -0.1) is 0 Å². The lowest BCUT2D eigenvalue weighted by atomic mass is 9.88. The molecule has 0 aromatic rings. The first-order valence-electron chi connectivity index (χ1n) is 11.1. The molecule has 5 atom stereocenters. The van der Waals surface area contributed by atoms with Crippen LogP contribution in [0.4, 0.5) is 0 Å². The Labute approximate surface area is 171 Å². The van der Waals surface area contributed by atoms with Crippen LogP contribution in [-0.4, -0.2) is 38.9 Å². The van der Waals surface area contributed by atoms with Gasteiger partial charge in [-0.3, -0.25) is 4.79 Å². The van der Waals surface area contributed by atoms with Crippen molar-refractivity contribution in [2.75, 3.05) is 0 Å². The minimum absolute atomic E-state index is 0.0359. The van der Waals surface area contributed by atoms with Crippen molar-refractivity contribution in [3.8, 4) is 0 Å². The number of aliphatic hydroxyl groups excluding tert-OH is 2. The minimum atomic E-state index is -0.869. The van der Waals surface area contributed by atoms with Gasteiger partial charge in [0.15, 0.2) is 0 Å². The zero-order valence-corrected chi connectivity index (χ0v) is 18.3. The molecule has 3 N–H and O–H groups in total. The van der Waals surface area contributed by atoms with Gasteiger partial charge >= 0.3 is 0 Å². The van der Waals surface area contributed by atoms with E-state index in [9.17, 15) is 20.1 Å². The van der Waals surface area contributed by atoms with Crippen LogP contribution in [0, 0.1) is 17.8 Å². The Hall–Kier alpha value is -0.970. The average molecular weight is 395 g/mol. The van der Waals surface area contributed by atoms with Crippen molar-refractivity contribution in [1.82, 2.24) is 0 Å². The molecule has 1 fully saturated rings. The van der Waals surface area contributed by atoms with Gasteiger partial charge in [0.25, 0.3) is 0 Å². The number of ketones is 1. The van der Waals surface area contributed by atoms with Gasteiger partial charge in [0.1, 0.15) is 5.78 Å². The summed E-state index contributed by atoms with van der Waals surface area (Å²) in [4.78, 5) is 11.6. The van der Waals surface area contributed by atoms with Gasteiger partial charge in [-0.2, -0.15) is 0 Å². The van der Waals surface area contributed by atoms with E-state index in [1.807, 2.05) is 32.9 Å². The molecule has 1 aliphatic rings. The molecule has 0 unspecified atom stereocenters. The molecule has 4 heteroatoms. The van der Waals surface area contributed by atoms with Crippen molar-refractivity contribution < 1.29 is 20.1 Å². The standard InChI is InChI=1S/C24H42O4/c1-5-6-11-15-24(4,28)16-14-20-19(22(26)17-23(20)27)12-9-7-8-10-13-21(25)18(2)3/h7,9,14,16,18-20,22-23,26-28H,5-6,8,10-13,15,17H2,1-4H3/b9-7-,16-14+/t19-,20-,22+,23-,24+/m1/s1. The predicted octanol–water partition coefficient (Wildman–Crippen LogP) is 4.57. The summed E-state index contributed by atoms with van der Waals surface area (Å²) in [7, 11) is 0. The number of hydrogen-bond donors (Lipinski definition) is 3. The summed E-state index contributed by atoms with van der Waals surface area (Å²) in [5.74, 6) is 0.232. The Bertz CT molecular complexity index is 507. The molecule has 0 aromatic carbocycles. The highest BCUT2D eigenvalue weighted by molar-refractivity contribution is 5.80. The summed E-state index contributed by atoms with van der Waals surface area (Å²) in [6, 6.07) is 0. The second-order valence-electron chi connectivity index (χ2n) is 9.01. The van der Waals surface area contributed by atoms with Crippen LogP contribution in [0.15, 0.2) is 24.3 Å². The van der Waals surface area contributed by atoms with Crippen molar-refractivity contribution in [2.24, 2.45) is 17.8 Å². The summed E-state index contributed by atoms with van der Waals surface area (Å²) < 4.78 is 0. The molecule has 0 heterocycles. The van der Waals surface area contributed by atoms with Crippen LogP contribution < -0.4 is 0 Å². The Kier molecular flexibility index (Phi) is 11.2. The Balaban J connectivity index is 2.53. The number of hydrogen-bond acceptors (Lipinski definition) is 4. The van der Waals surface area contributed by atoms with E-state index >= 15 is 0 Å². The molecule has 0 amide bonds. The average Bonchev–Trinajstić information content (AvgIpc) is 2.89. The van der Waals surface area contributed by atoms with Crippen LogP contribution in [0.3, 0.4) is 0 Å². The summed E-state index contributed by atoms with van der Waals surface area (Å²) in [5.41, 5.74) is -0.869. The first kappa shape index (κ1) is 25.1. The maximum atomic E-state index is 11.6. The van der Waals surface area contributed by atoms with Gasteiger partial charge in [-0.1, -0.05) is 64.3 Å². The lowest BCUT2D eigenvalue weighted by Crippen LogP contribution is -2.24. The third-order valence-corrected chi connectivity index (χ3v) is 5.89. The Morgan fingerprint density at radius 2 is 1.86 bits per heavy atom. The van der Waals surface area contributed by atoms with Crippen LogP contribution in [0.2, 0.25) is 0 Å². The molecule has 28 heavy (non-hydrogen) atoms. The highest BCUT2D eigenvalue weighted by Gasteiger charge is 2.39. The normalized spacial score (nSPS) is 27.9. The van der Waals surface area contributed by atoms with Crippen LogP contribution >= 0.6 is 0 Å². The molecule has 0 spiro atoms. The number of carbonyl (C=O) groups is 1. The molecule has 1 saturated carbocycles. The Morgan fingerprint density at radius 3 is 2.50 bits per heavy atom. The van der Waals surface area contributed by atoms with Crippen molar-refractivity contribution >= 4 is 5.78 Å². The van der Waals surface area contributed by atoms with E-state index in [-0.39, 0.29) is 17.8 Å². The molecule has 0 bridgehead atoms. The van der Waals surface area contributed by atoms with E-state index in [0.717, 1.165) is 32.1 Å². The van der Waals surface area contributed by atoms with Gasteiger partial charge in [-0.05, 0) is 38.5 Å². The first-order valence-corrected chi connectivity index (χ1v) is 11.1. The van der Waals surface area contributed by atoms with Gasteiger partial charge in [0.05, 0.1) is 17.8 Å². The second-order valence-corrected chi connectivity index (χ2v) is 9.01. The van der Waals surface area contributed by atoms with E-state index in [2.05, 4.69) is 19.1 Å². The largest absolute Gasteiger partial charge is 0.393 e. The molecular formula is C24H42O4. The third kappa shape index (κ3) is 9.02. The fraction of sp³-hybridized carbons (Fsp3) is 0.792. The SMILES string of the molecule is CCCCC[C@](C)(O)/C=C/[C@@H]1[C@@H](C/C=C\CCCC(=O)C(C)C)[C@@H](O)C[C@H]1O. The number of aliphatic hydroxyl groups is 3. The van der Waals surface area contributed by atoms with Crippen molar-refractivity contribution in [3.05, 3.63) is 24.3 Å². The zero-order chi connectivity index (χ0) is 21.2. The number of unbranched alkanes of at least 4 members (excludes halogenated alkanes) is 3. The molecule has 0 radical (unpaired) electrons.